The molecule has 3 aromatic rings. The Hall–Kier alpha value is -2.60. The Morgan fingerprint density at radius 3 is 2.65 bits per heavy atom. The van der Waals surface area contributed by atoms with Crippen LogP contribution in [0, 0.1) is 0 Å². The molecule has 4 rings (SSSR count). The molecule has 6 heteroatoms. The van der Waals surface area contributed by atoms with Gasteiger partial charge in [-0.2, -0.15) is 0 Å². The lowest BCUT2D eigenvalue weighted by molar-refractivity contribution is 0.413. The maximum atomic E-state index is 12.2. The predicted molar refractivity (Wildman–Crippen MR) is 104 cm³/mol. The minimum absolute atomic E-state index is 0.419. The number of ether oxygens (including phenoxy) is 1. The van der Waals surface area contributed by atoms with Crippen LogP contribution < -0.4 is 16.0 Å². The van der Waals surface area contributed by atoms with Gasteiger partial charge in [0.15, 0.2) is 0 Å². The molecule has 0 fully saturated rings. The SMILES string of the molecule is COc1c(Br)cc(-n2ccc(=O)[nH]c2=O)cc1-c1ccc2c(c1)CCC2. The van der Waals surface area contributed by atoms with Crippen LogP contribution in [0.15, 0.2) is 56.7 Å². The molecule has 1 heterocycles. The summed E-state index contributed by atoms with van der Waals surface area (Å²) in [5.41, 5.74) is 4.46. The first-order chi connectivity index (χ1) is 12.6. The molecule has 0 bridgehead atoms. The Bertz CT molecular complexity index is 1110. The fourth-order valence-corrected chi connectivity index (χ4v) is 4.11. The normalized spacial score (nSPS) is 12.8. The van der Waals surface area contributed by atoms with Gasteiger partial charge >= 0.3 is 5.69 Å². The average Bonchev–Trinajstić information content (AvgIpc) is 3.08. The van der Waals surface area contributed by atoms with Gasteiger partial charge in [0.1, 0.15) is 5.75 Å². The number of fused-ring (bicyclic) bond motifs is 1. The second-order valence-electron chi connectivity index (χ2n) is 6.33. The van der Waals surface area contributed by atoms with Gasteiger partial charge in [-0.1, -0.05) is 18.2 Å². The molecule has 5 nitrogen and oxygen atoms in total. The van der Waals surface area contributed by atoms with E-state index in [2.05, 4.69) is 39.1 Å². The van der Waals surface area contributed by atoms with Gasteiger partial charge in [-0.25, -0.2) is 4.79 Å². The highest BCUT2D eigenvalue weighted by Crippen LogP contribution is 2.39. The van der Waals surface area contributed by atoms with Crippen LogP contribution in [0.2, 0.25) is 0 Å². The topological polar surface area (TPSA) is 64.1 Å². The molecule has 0 spiro atoms. The lowest BCUT2D eigenvalue weighted by atomic mass is 9.99. The Kier molecular flexibility index (Phi) is 4.28. The fraction of sp³-hybridized carbons (Fsp3) is 0.200. The molecule has 0 saturated heterocycles. The highest BCUT2D eigenvalue weighted by atomic mass is 79.9. The second kappa shape index (κ2) is 6.61. The van der Waals surface area contributed by atoms with E-state index in [-0.39, 0.29) is 0 Å². The number of nitrogens with one attached hydrogen (secondary N) is 1. The number of hydrogen-bond acceptors (Lipinski definition) is 3. The van der Waals surface area contributed by atoms with Crippen molar-refractivity contribution in [2.45, 2.75) is 19.3 Å². The number of hydrogen-bond donors (Lipinski definition) is 1. The van der Waals surface area contributed by atoms with E-state index in [0.717, 1.165) is 28.4 Å². The van der Waals surface area contributed by atoms with Gasteiger partial charge in [0.25, 0.3) is 5.56 Å². The van der Waals surface area contributed by atoms with Crippen molar-refractivity contribution in [2.75, 3.05) is 7.11 Å². The van der Waals surface area contributed by atoms with Gasteiger partial charge in [0, 0.05) is 17.8 Å². The fourth-order valence-electron chi connectivity index (χ4n) is 3.50. The molecule has 0 amide bonds. The Labute approximate surface area is 158 Å². The van der Waals surface area contributed by atoms with Crippen LogP contribution in [0.4, 0.5) is 0 Å². The van der Waals surface area contributed by atoms with Gasteiger partial charge in [-0.3, -0.25) is 14.3 Å². The van der Waals surface area contributed by atoms with E-state index < -0.39 is 11.2 Å². The lowest BCUT2D eigenvalue weighted by Crippen LogP contribution is -2.27. The Morgan fingerprint density at radius 1 is 1.08 bits per heavy atom. The molecule has 132 valence electrons. The molecule has 1 aromatic heterocycles. The summed E-state index contributed by atoms with van der Waals surface area (Å²) in [6, 6.07) is 11.5. The first-order valence-corrected chi connectivity index (χ1v) is 9.18. The summed E-state index contributed by atoms with van der Waals surface area (Å²) in [5.74, 6) is 0.712. The number of rotatable bonds is 3. The van der Waals surface area contributed by atoms with E-state index in [9.17, 15) is 9.59 Å². The monoisotopic (exact) mass is 412 g/mol. The van der Waals surface area contributed by atoms with Crippen LogP contribution >= 0.6 is 15.9 Å². The van der Waals surface area contributed by atoms with E-state index in [1.54, 1.807) is 13.2 Å². The molecule has 1 N–H and O–H groups in total. The van der Waals surface area contributed by atoms with E-state index >= 15 is 0 Å². The molecule has 1 aliphatic carbocycles. The number of aryl methyl sites for hydroxylation is 2. The van der Waals surface area contributed by atoms with E-state index in [1.165, 1.54) is 34.4 Å². The van der Waals surface area contributed by atoms with Crippen LogP contribution in [-0.4, -0.2) is 16.7 Å². The summed E-state index contributed by atoms with van der Waals surface area (Å²) in [5, 5.41) is 0. The molecule has 0 radical (unpaired) electrons. The maximum Gasteiger partial charge on any atom is 0.332 e. The summed E-state index contributed by atoms with van der Waals surface area (Å²) in [6.45, 7) is 0. The number of aromatic amines is 1. The molecule has 0 unspecified atom stereocenters. The van der Waals surface area contributed by atoms with Crippen molar-refractivity contribution >= 4 is 15.9 Å². The highest BCUT2D eigenvalue weighted by molar-refractivity contribution is 9.10. The van der Waals surface area contributed by atoms with E-state index in [1.807, 2.05) is 6.07 Å². The number of nitrogens with zero attached hydrogens (tertiary/aromatic N) is 1. The van der Waals surface area contributed by atoms with Crippen LogP contribution in [0.1, 0.15) is 17.5 Å². The summed E-state index contributed by atoms with van der Waals surface area (Å²) in [6.07, 6.45) is 4.88. The molecular weight excluding hydrogens is 396 g/mol. The second-order valence-corrected chi connectivity index (χ2v) is 7.18. The van der Waals surface area contributed by atoms with Crippen molar-refractivity contribution in [1.82, 2.24) is 9.55 Å². The lowest BCUT2D eigenvalue weighted by Gasteiger charge is -2.15. The van der Waals surface area contributed by atoms with Gasteiger partial charge < -0.3 is 4.74 Å². The summed E-state index contributed by atoms with van der Waals surface area (Å²) >= 11 is 3.54. The van der Waals surface area contributed by atoms with Crippen molar-refractivity contribution in [3.8, 4) is 22.6 Å². The van der Waals surface area contributed by atoms with Gasteiger partial charge in [-0.15, -0.1) is 0 Å². The summed E-state index contributed by atoms with van der Waals surface area (Å²) in [7, 11) is 1.63. The number of benzene rings is 2. The summed E-state index contributed by atoms with van der Waals surface area (Å²) in [4.78, 5) is 25.8. The van der Waals surface area contributed by atoms with Crippen molar-refractivity contribution in [3.63, 3.8) is 0 Å². The van der Waals surface area contributed by atoms with Crippen molar-refractivity contribution in [1.29, 1.82) is 0 Å². The minimum atomic E-state index is -0.477. The zero-order valence-electron chi connectivity index (χ0n) is 14.2. The predicted octanol–water partition coefficient (Wildman–Crippen LogP) is 3.45. The molecule has 2 aromatic carbocycles. The van der Waals surface area contributed by atoms with Crippen molar-refractivity contribution < 1.29 is 4.74 Å². The maximum absolute atomic E-state index is 12.2. The van der Waals surface area contributed by atoms with Gasteiger partial charge in [0.2, 0.25) is 0 Å². The van der Waals surface area contributed by atoms with E-state index in [0.29, 0.717) is 11.4 Å². The standard InChI is InChI=1S/C20H17BrN2O3/c1-26-19-16(14-6-5-12-3-2-4-13(12)9-14)10-15(11-17(19)21)23-8-7-18(24)22-20(23)25/h5-11H,2-4H2,1H3,(H,22,24,25). The molecule has 1 aliphatic rings. The zero-order valence-corrected chi connectivity index (χ0v) is 15.8. The van der Waals surface area contributed by atoms with E-state index in [4.69, 9.17) is 4.74 Å². The van der Waals surface area contributed by atoms with Crippen molar-refractivity contribution in [3.05, 3.63) is 79.0 Å². The largest absolute Gasteiger partial charge is 0.495 e. The Morgan fingerprint density at radius 2 is 1.88 bits per heavy atom. The van der Waals surface area contributed by atoms with Crippen LogP contribution in [-0.2, 0) is 12.8 Å². The molecule has 26 heavy (non-hydrogen) atoms. The van der Waals surface area contributed by atoms with Crippen LogP contribution in [0.3, 0.4) is 0 Å². The van der Waals surface area contributed by atoms with Crippen molar-refractivity contribution in [2.24, 2.45) is 0 Å². The van der Waals surface area contributed by atoms with Gasteiger partial charge in [-0.05, 0) is 64.0 Å². The minimum Gasteiger partial charge on any atom is -0.495 e. The third-order valence-electron chi connectivity index (χ3n) is 4.74. The summed E-state index contributed by atoms with van der Waals surface area (Å²) < 4.78 is 7.75. The number of methoxy groups -OCH3 is 1. The molecule has 0 aliphatic heterocycles. The molecular formula is C20H17BrN2O3. The van der Waals surface area contributed by atoms with Crippen LogP contribution in [0.5, 0.6) is 5.75 Å². The smallest absolute Gasteiger partial charge is 0.332 e. The van der Waals surface area contributed by atoms with Crippen LogP contribution in [0.25, 0.3) is 16.8 Å². The number of aromatic nitrogens is 2. The van der Waals surface area contributed by atoms with Gasteiger partial charge in [0.05, 0.1) is 17.3 Å². The third-order valence-corrected chi connectivity index (χ3v) is 5.33. The molecule has 0 atom stereocenters. The quantitative estimate of drug-likeness (QED) is 0.716. The number of halogens is 1. The first kappa shape index (κ1) is 16.8. The zero-order chi connectivity index (χ0) is 18.3. The highest BCUT2D eigenvalue weighted by Gasteiger charge is 2.17. The Balaban J connectivity index is 1.92. The number of H-pyrrole nitrogens is 1. The third kappa shape index (κ3) is 2.90. The molecule has 0 saturated carbocycles. The average molecular weight is 413 g/mol. The first-order valence-electron chi connectivity index (χ1n) is 8.39.